The van der Waals surface area contributed by atoms with Crippen molar-refractivity contribution in [3.63, 3.8) is 0 Å². The van der Waals surface area contributed by atoms with Gasteiger partial charge in [0.15, 0.2) is 17.7 Å². The van der Waals surface area contributed by atoms with Crippen LogP contribution in [0.2, 0.25) is 0 Å². The van der Waals surface area contributed by atoms with Gasteiger partial charge in [-0.15, -0.1) is 0 Å². The van der Waals surface area contributed by atoms with E-state index in [0.717, 1.165) is 0 Å². The van der Waals surface area contributed by atoms with Gasteiger partial charge in [0.25, 0.3) is 0 Å². The second-order valence-corrected chi connectivity index (χ2v) is 29.7. The van der Waals surface area contributed by atoms with Crippen LogP contribution in [0, 0.1) is 52.3 Å². The molecule has 8 rings (SSSR count). The number of nitrogens with zero attached hydrogens (tertiary/aromatic N) is 7. The molecule has 20 N–H and O–H groups in total. The number of fused-ring (bicyclic) bond motifs is 7. The van der Waals surface area contributed by atoms with Gasteiger partial charge in [0.2, 0.25) is 41.4 Å². The van der Waals surface area contributed by atoms with Gasteiger partial charge in [-0.1, -0.05) is 34.6 Å². The van der Waals surface area contributed by atoms with Gasteiger partial charge < -0.3 is 75.3 Å². The fraction of sp³-hybridized carbons (Fsp3) is 0.644. The lowest BCUT2D eigenvalue weighted by atomic mass is 9.55. The molecule has 2 saturated heterocycles. The van der Waals surface area contributed by atoms with E-state index in [4.69, 9.17) is 68.9 Å². The van der Waals surface area contributed by atoms with Crippen molar-refractivity contribution >= 4 is 91.1 Å². The van der Waals surface area contributed by atoms with E-state index in [1.165, 1.54) is 17.8 Å². The molecule has 15 atom stereocenters. The molecule has 0 spiro atoms. The highest BCUT2D eigenvalue weighted by atomic mass is 31.2. The van der Waals surface area contributed by atoms with Crippen LogP contribution in [-0.2, 0) is 61.0 Å². The van der Waals surface area contributed by atoms with Gasteiger partial charge in [-0.05, 0) is 77.5 Å². The Bertz CT molecular complexity index is 3750. The van der Waals surface area contributed by atoms with E-state index in [1.807, 2.05) is 40.7 Å². The van der Waals surface area contributed by atoms with Crippen molar-refractivity contribution in [2.24, 2.45) is 94.7 Å². The summed E-state index contributed by atoms with van der Waals surface area (Å²) in [5.41, 5.74) is 40.0. The highest BCUT2D eigenvalue weighted by molar-refractivity contribution is 7.47. The Morgan fingerprint density at radius 1 is 0.798 bits per heavy atom. The van der Waals surface area contributed by atoms with Crippen LogP contribution in [0.25, 0.3) is 11.2 Å². The zero-order valence-corrected chi connectivity index (χ0v) is 56.1. The molecule has 7 amide bonds. The minimum atomic E-state index is -5.31. The molecule has 2 aromatic heterocycles. The third-order valence-electron chi connectivity index (χ3n) is 20.2. The molecule has 6 aliphatic heterocycles. The number of phosphoric ester groups is 2. The van der Waals surface area contributed by atoms with Gasteiger partial charge in [0.1, 0.15) is 36.0 Å². The normalized spacial score (nSPS) is 32.1. The van der Waals surface area contributed by atoms with Crippen LogP contribution in [0.1, 0.15) is 145 Å². The monoisotopic (exact) mass is 1350 g/mol. The average Bonchev–Trinajstić information content (AvgIpc) is 1.52. The molecule has 0 radical (unpaired) electrons. The molecular weight excluding hydrogens is 1270 g/mol. The smallest absolute Gasteiger partial charge is 0.386 e. The molecular formula is C59H88N16O17P2. The number of ether oxygens (including phenoxy) is 1. The Kier molecular flexibility index (Phi) is 20.7. The summed E-state index contributed by atoms with van der Waals surface area (Å²) in [5, 5.41) is 17.9. The van der Waals surface area contributed by atoms with Gasteiger partial charge in [-0.2, -0.15) is 0 Å². The number of hydrogen-bond acceptors (Lipinski definition) is 22. The number of aryl methyl sites for hydroxylation is 1. The molecule has 0 saturated carbocycles. The second kappa shape index (κ2) is 26.8. The standard InChI is InChI=1S/C59H88N16O17P2/c1-26(91-94(87,88)92-48-35(24-89-93(84,85)86)90-54(47(48)83)75-25-68-53-46(75)52(66)69-29(4)70-53)23-67-43(82)17-18-56(7)33(19-40(63)79)51-59(10)58(9,22-42(65)81)32(13-16-39(62)78)45(74-59)28(3)50-57(8,21-41(64)80)30(11-14-37(60)76)34(71-50)20-36-55(5,6)31(12-15-38(61)77)44(72-36)27(2)49(56)73-51/h20,25-26,30-33,35,47-48,51,54,71,83H,11-19,21-24H2,1-10H3,(H2,60,76)(H2,61,77)(H2,62,78)(H2,63,79)(H2,64,80)(H2,65,81)(H,67,82)(H,87,88)(H2,66,69,70)(H2,84,85,86)/b34-20?,44-27?,50-28-/t26-,30+,31+,32+,33-,35+,47+,48+,51+,54-,56-,57-,58-,59-/m0/s1. The molecule has 516 valence electrons. The molecule has 2 fully saturated rings. The highest BCUT2D eigenvalue weighted by Gasteiger charge is 2.66. The number of nitrogens with one attached hydrogen (secondary N) is 2. The van der Waals surface area contributed by atoms with E-state index in [1.54, 1.807) is 27.7 Å². The van der Waals surface area contributed by atoms with Crippen molar-refractivity contribution in [3.8, 4) is 0 Å². The van der Waals surface area contributed by atoms with Crippen LogP contribution >= 0.6 is 15.6 Å². The summed E-state index contributed by atoms with van der Waals surface area (Å²) in [7, 11) is -10.5. The van der Waals surface area contributed by atoms with Crippen molar-refractivity contribution in [3.05, 3.63) is 46.5 Å². The number of nitrogens with two attached hydrogens (primary N) is 7. The second-order valence-electron chi connectivity index (χ2n) is 27.1. The molecule has 94 heavy (non-hydrogen) atoms. The zero-order valence-electron chi connectivity index (χ0n) is 54.3. The van der Waals surface area contributed by atoms with Crippen LogP contribution < -0.4 is 50.8 Å². The molecule has 33 nitrogen and oxygen atoms in total. The fourth-order valence-corrected chi connectivity index (χ4v) is 16.9. The van der Waals surface area contributed by atoms with Gasteiger partial charge in [-0.3, -0.25) is 66.7 Å². The maximum atomic E-state index is 14.4. The molecule has 0 aromatic carbocycles. The number of aromatic nitrogens is 4. The first-order valence-corrected chi connectivity index (χ1v) is 33.9. The van der Waals surface area contributed by atoms with Crippen LogP contribution in [-0.4, -0.2) is 147 Å². The first-order valence-electron chi connectivity index (χ1n) is 30.8. The lowest BCUT2D eigenvalue weighted by molar-refractivity contribution is -0.124. The summed E-state index contributed by atoms with van der Waals surface area (Å²) in [6, 6.07) is -1.09. The first kappa shape index (κ1) is 72.6. The summed E-state index contributed by atoms with van der Waals surface area (Å²) >= 11 is 0. The van der Waals surface area contributed by atoms with Crippen molar-refractivity contribution in [1.82, 2.24) is 30.2 Å². The summed E-state index contributed by atoms with van der Waals surface area (Å²) in [6.07, 6.45) is -6.43. The SMILES string of the molecule is CC1=C2N=C(C=C3N/C(=C(/C)C4=N[C@@](C)([C@@H]5N=C1[C@@](C)(CCC(=O)NC[C@H](C)OP(=O)(O)O[C@H]1[C@@H](O)[C@@H](n6cnc7nc(C)nc(N)c76)O[C@@H]1COP(=O)(O)O)[C@H]5CC(N)=O)[C@@](C)(CC(N)=O)[C@@H]4CCC(N)=O)[C@@](C)(CC(N)=O)[C@@H]3CCC(N)=O)C(C)(C)[C@@H]2CCC(N)=O. The Hall–Kier alpha value is -7.19. The van der Waals surface area contributed by atoms with Crippen LogP contribution in [0.4, 0.5) is 5.82 Å². The number of carbonyl (C=O) groups is 7. The number of phosphoric acid groups is 2. The zero-order chi connectivity index (χ0) is 69.9. The summed E-state index contributed by atoms with van der Waals surface area (Å²) in [5.74, 6) is -7.36. The van der Waals surface area contributed by atoms with Gasteiger partial charge in [0, 0.05) is 131 Å². The average molecular weight is 1360 g/mol. The van der Waals surface area contributed by atoms with Crippen molar-refractivity contribution in [2.75, 3.05) is 18.9 Å². The molecule has 1 unspecified atom stereocenters. The third kappa shape index (κ3) is 14.3. The molecule has 2 aromatic rings. The predicted octanol–water partition coefficient (Wildman–Crippen LogP) is 1.34. The molecule has 6 aliphatic rings. The molecule has 35 heteroatoms. The van der Waals surface area contributed by atoms with E-state index in [0.29, 0.717) is 45.4 Å². The third-order valence-corrected chi connectivity index (χ3v) is 21.8. The number of primary amides is 6. The van der Waals surface area contributed by atoms with Gasteiger partial charge in [-0.25, -0.2) is 24.1 Å². The number of allylic oxidation sites excluding steroid dienone is 6. The maximum Gasteiger partial charge on any atom is 0.472 e. The fourth-order valence-electron chi connectivity index (χ4n) is 15.4. The van der Waals surface area contributed by atoms with E-state index in [2.05, 4.69) is 30.1 Å². The van der Waals surface area contributed by atoms with Crippen LogP contribution in [0.15, 0.2) is 55.6 Å². The highest BCUT2D eigenvalue weighted by Crippen LogP contribution is 2.63. The minimum absolute atomic E-state index is 0.0391. The maximum absolute atomic E-state index is 14.4. The largest absolute Gasteiger partial charge is 0.472 e. The summed E-state index contributed by atoms with van der Waals surface area (Å²) in [6.45, 7) is 16.3. The van der Waals surface area contributed by atoms with Crippen molar-refractivity contribution < 1.29 is 80.8 Å². The Morgan fingerprint density at radius 2 is 1.40 bits per heavy atom. The lowest BCUT2D eigenvalue weighted by Gasteiger charge is -2.48. The number of aliphatic hydroxyl groups excluding tert-OH is 1. The number of carbonyl (C=O) groups excluding carboxylic acids is 7. The Balaban J connectivity index is 1.19. The minimum Gasteiger partial charge on any atom is -0.386 e. The van der Waals surface area contributed by atoms with E-state index < -0.39 is 158 Å². The van der Waals surface area contributed by atoms with Gasteiger partial charge >= 0.3 is 15.6 Å². The Labute approximate surface area is 542 Å². The molecule has 8 bridgehead atoms. The van der Waals surface area contributed by atoms with E-state index >= 15 is 0 Å². The van der Waals surface area contributed by atoms with Crippen LogP contribution in [0.3, 0.4) is 0 Å². The predicted molar refractivity (Wildman–Crippen MR) is 340 cm³/mol. The van der Waals surface area contributed by atoms with Crippen molar-refractivity contribution in [2.45, 2.75) is 182 Å². The lowest BCUT2D eigenvalue weighted by Crippen LogP contribution is -2.56. The summed E-state index contributed by atoms with van der Waals surface area (Å²) in [4.78, 5) is 153. The van der Waals surface area contributed by atoms with E-state index in [9.17, 15) is 62.5 Å². The number of imidazole rings is 1. The summed E-state index contributed by atoms with van der Waals surface area (Å²) < 4.78 is 48.4. The first-order chi connectivity index (χ1) is 43.5. The Morgan fingerprint density at radius 3 is 1.99 bits per heavy atom. The number of anilines is 1. The number of hydrogen-bond donors (Lipinski definition) is 13. The van der Waals surface area contributed by atoms with E-state index in [-0.39, 0.29) is 93.4 Å². The number of rotatable bonds is 28. The number of amides is 7. The molecule has 8 heterocycles. The van der Waals surface area contributed by atoms with Gasteiger partial charge in [0.05, 0.1) is 24.3 Å². The topological polar surface area (TPSA) is 558 Å². The van der Waals surface area contributed by atoms with Crippen molar-refractivity contribution in [1.29, 1.82) is 0 Å². The molecule has 0 aliphatic carbocycles. The number of aliphatic imine (C=N–C) groups is 3. The number of aliphatic hydroxyl groups is 1. The van der Waals surface area contributed by atoms with Crippen LogP contribution in [0.5, 0.6) is 0 Å². The quantitative estimate of drug-likeness (QED) is 0.0535. The number of nitrogen functional groups attached to an aromatic ring is 1.